The van der Waals surface area contributed by atoms with Gasteiger partial charge in [0.25, 0.3) is 0 Å². The average molecular weight is 223 g/mol. The highest BCUT2D eigenvalue weighted by molar-refractivity contribution is 6.03. The topological polar surface area (TPSA) is 26.0 Å². The van der Waals surface area contributed by atoms with Crippen molar-refractivity contribution in [3.63, 3.8) is 0 Å². The molecule has 0 saturated carbocycles. The Balaban J connectivity index is 2.35. The molecule has 1 aromatic heterocycles. The lowest BCUT2D eigenvalue weighted by Gasteiger charge is -1.95. The van der Waals surface area contributed by atoms with Crippen molar-refractivity contribution >= 4 is 27.9 Å². The number of rotatable bonds is 1. The zero-order chi connectivity index (χ0) is 11.8. The van der Waals surface area contributed by atoms with Gasteiger partial charge in [0.1, 0.15) is 5.52 Å². The van der Waals surface area contributed by atoms with E-state index in [9.17, 15) is 0 Å². The Kier molecular flexibility index (Phi) is 2.22. The van der Waals surface area contributed by atoms with E-state index in [1.807, 2.05) is 38.1 Å². The first-order chi connectivity index (χ1) is 8.24. The summed E-state index contributed by atoms with van der Waals surface area (Å²) in [5, 5.41) is 2.33. The van der Waals surface area contributed by atoms with Gasteiger partial charge in [-0.3, -0.25) is 0 Å². The maximum atomic E-state index is 5.70. The van der Waals surface area contributed by atoms with E-state index in [-0.39, 0.29) is 0 Å². The number of oxazole rings is 1. The van der Waals surface area contributed by atoms with Gasteiger partial charge in [0.15, 0.2) is 5.58 Å². The SMILES string of the molecule is CC(C)=Cc1nc2c(ccc3ccccc32)o1. The van der Waals surface area contributed by atoms with E-state index in [2.05, 4.69) is 23.2 Å². The third kappa shape index (κ3) is 1.72. The van der Waals surface area contributed by atoms with Crippen LogP contribution in [0.5, 0.6) is 0 Å². The fourth-order valence-electron chi connectivity index (χ4n) is 1.99. The van der Waals surface area contributed by atoms with Gasteiger partial charge in [0.05, 0.1) is 0 Å². The maximum Gasteiger partial charge on any atom is 0.219 e. The van der Waals surface area contributed by atoms with E-state index >= 15 is 0 Å². The summed E-state index contributed by atoms with van der Waals surface area (Å²) in [6.07, 6.45) is 1.95. The van der Waals surface area contributed by atoms with Crippen LogP contribution in [0.15, 0.2) is 46.4 Å². The summed E-state index contributed by atoms with van der Waals surface area (Å²) >= 11 is 0. The fourth-order valence-corrected chi connectivity index (χ4v) is 1.99. The second-order valence-corrected chi connectivity index (χ2v) is 4.41. The summed E-state index contributed by atoms with van der Waals surface area (Å²) in [7, 11) is 0. The molecule has 2 heteroatoms. The number of hydrogen-bond acceptors (Lipinski definition) is 2. The van der Waals surface area contributed by atoms with Gasteiger partial charge in [0.2, 0.25) is 5.89 Å². The molecule has 3 aromatic rings. The predicted molar refractivity (Wildman–Crippen MR) is 70.8 cm³/mol. The zero-order valence-corrected chi connectivity index (χ0v) is 9.90. The summed E-state index contributed by atoms with van der Waals surface area (Å²) < 4.78 is 5.70. The van der Waals surface area contributed by atoms with Gasteiger partial charge >= 0.3 is 0 Å². The molecule has 2 nitrogen and oxygen atoms in total. The summed E-state index contributed by atoms with van der Waals surface area (Å²) in [6.45, 7) is 4.07. The average Bonchev–Trinajstić information content (AvgIpc) is 2.70. The lowest BCUT2D eigenvalue weighted by molar-refractivity contribution is 0.589. The Morgan fingerprint density at radius 1 is 1.12 bits per heavy atom. The van der Waals surface area contributed by atoms with Crippen molar-refractivity contribution in [1.29, 1.82) is 0 Å². The summed E-state index contributed by atoms with van der Waals surface area (Å²) in [6, 6.07) is 12.3. The smallest absolute Gasteiger partial charge is 0.219 e. The Morgan fingerprint density at radius 2 is 1.94 bits per heavy atom. The molecule has 0 amide bonds. The Labute approximate surface area is 99.6 Å². The Bertz CT molecular complexity index is 718. The van der Waals surface area contributed by atoms with Crippen LogP contribution >= 0.6 is 0 Å². The summed E-state index contributed by atoms with van der Waals surface area (Å²) in [4.78, 5) is 4.54. The van der Waals surface area contributed by atoms with Crippen molar-refractivity contribution in [3.05, 3.63) is 47.9 Å². The summed E-state index contributed by atoms with van der Waals surface area (Å²) in [5.74, 6) is 0.677. The molecule has 2 aromatic carbocycles. The lowest BCUT2D eigenvalue weighted by Crippen LogP contribution is -1.75. The number of fused-ring (bicyclic) bond motifs is 3. The van der Waals surface area contributed by atoms with Crippen molar-refractivity contribution in [3.8, 4) is 0 Å². The lowest BCUT2D eigenvalue weighted by atomic mass is 10.1. The molecule has 0 aliphatic heterocycles. The fraction of sp³-hybridized carbons (Fsp3) is 0.133. The molecule has 3 rings (SSSR count). The largest absolute Gasteiger partial charge is 0.437 e. The molecule has 0 radical (unpaired) electrons. The highest BCUT2D eigenvalue weighted by Gasteiger charge is 2.06. The first-order valence-corrected chi connectivity index (χ1v) is 5.67. The molecular formula is C15H13NO. The van der Waals surface area contributed by atoms with Crippen molar-refractivity contribution in [1.82, 2.24) is 4.98 Å². The third-order valence-electron chi connectivity index (χ3n) is 2.71. The molecule has 0 N–H and O–H groups in total. The predicted octanol–water partition coefficient (Wildman–Crippen LogP) is 4.40. The molecule has 0 unspecified atom stereocenters. The maximum absolute atomic E-state index is 5.70. The van der Waals surface area contributed by atoms with Crippen LogP contribution in [0.1, 0.15) is 19.7 Å². The van der Waals surface area contributed by atoms with Crippen molar-refractivity contribution < 1.29 is 4.42 Å². The van der Waals surface area contributed by atoms with Crippen LogP contribution < -0.4 is 0 Å². The van der Waals surface area contributed by atoms with Crippen LogP contribution in [0.2, 0.25) is 0 Å². The number of nitrogens with zero attached hydrogens (tertiary/aromatic N) is 1. The van der Waals surface area contributed by atoms with Crippen LogP contribution in [0.4, 0.5) is 0 Å². The van der Waals surface area contributed by atoms with Gasteiger partial charge in [-0.1, -0.05) is 35.9 Å². The van der Waals surface area contributed by atoms with Crippen molar-refractivity contribution in [2.45, 2.75) is 13.8 Å². The monoisotopic (exact) mass is 223 g/mol. The minimum absolute atomic E-state index is 0.677. The number of aromatic nitrogens is 1. The zero-order valence-electron chi connectivity index (χ0n) is 9.90. The second kappa shape index (κ2) is 3.74. The molecule has 17 heavy (non-hydrogen) atoms. The van der Waals surface area contributed by atoms with E-state index < -0.39 is 0 Å². The minimum atomic E-state index is 0.677. The Morgan fingerprint density at radius 3 is 2.76 bits per heavy atom. The molecule has 0 atom stereocenters. The van der Waals surface area contributed by atoms with Gasteiger partial charge in [-0.15, -0.1) is 0 Å². The number of allylic oxidation sites excluding steroid dienone is 1. The van der Waals surface area contributed by atoms with Gasteiger partial charge < -0.3 is 4.42 Å². The van der Waals surface area contributed by atoms with Gasteiger partial charge in [0, 0.05) is 5.39 Å². The second-order valence-electron chi connectivity index (χ2n) is 4.41. The molecule has 0 spiro atoms. The molecule has 84 valence electrons. The number of benzene rings is 2. The van der Waals surface area contributed by atoms with Gasteiger partial charge in [-0.2, -0.15) is 0 Å². The first-order valence-electron chi connectivity index (χ1n) is 5.67. The highest BCUT2D eigenvalue weighted by atomic mass is 16.3. The Hall–Kier alpha value is -2.09. The van der Waals surface area contributed by atoms with Crippen LogP contribution in [0, 0.1) is 0 Å². The van der Waals surface area contributed by atoms with E-state index in [4.69, 9.17) is 4.42 Å². The molecular weight excluding hydrogens is 210 g/mol. The molecule has 1 heterocycles. The molecule has 0 saturated heterocycles. The van der Waals surface area contributed by atoms with Crippen LogP contribution in [-0.2, 0) is 0 Å². The van der Waals surface area contributed by atoms with Gasteiger partial charge in [-0.05, 0) is 31.4 Å². The first kappa shape index (κ1) is 10.1. The molecule has 0 aliphatic rings. The van der Waals surface area contributed by atoms with E-state index in [0.29, 0.717) is 5.89 Å². The standard InChI is InChI=1S/C15H13NO/c1-10(2)9-14-16-15-12-6-4-3-5-11(12)7-8-13(15)17-14/h3-9H,1-2H3. The molecule has 0 aliphatic carbocycles. The quantitative estimate of drug-likeness (QED) is 0.611. The normalized spacial score (nSPS) is 10.9. The molecule has 0 bridgehead atoms. The molecule has 0 fully saturated rings. The van der Waals surface area contributed by atoms with Crippen LogP contribution in [0.25, 0.3) is 27.9 Å². The van der Waals surface area contributed by atoms with E-state index in [1.54, 1.807) is 0 Å². The van der Waals surface area contributed by atoms with Gasteiger partial charge in [-0.25, -0.2) is 4.98 Å². The highest BCUT2D eigenvalue weighted by Crippen LogP contribution is 2.26. The van der Waals surface area contributed by atoms with E-state index in [0.717, 1.165) is 16.5 Å². The van der Waals surface area contributed by atoms with Crippen LogP contribution in [0.3, 0.4) is 0 Å². The number of hydrogen-bond donors (Lipinski definition) is 0. The van der Waals surface area contributed by atoms with Crippen LogP contribution in [-0.4, -0.2) is 4.98 Å². The summed E-state index contributed by atoms with van der Waals surface area (Å²) in [5.41, 5.74) is 2.97. The van der Waals surface area contributed by atoms with Crippen molar-refractivity contribution in [2.24, 2.45) is 0 Å². The minimum Gasteiger partial charge on any atom is -0.437 e. The van der Waals surface area contributed by atoms with E-state index in [1.165, 1.54) is 11.0 Å². The van der Waals surface area contributed by atoms with Crippen molar-refractivity contribution in [2.75, 3.05) is 0 Å². The third-order valence-corrected chi connectivity index (χ3v) is 2.71.